The third-order valence-corrected chi connectivity index (χ3v) is 9.11. The Morgan fingerprint density at radius 1 is 0.724 bits per heavy atom. The number of aryl methyl sites for hydroxylation is 1. The fourth-order valence-corrected chi connectivity index (χ4v) is 6.98. The second-order valence-electron chi connectivity index (χ2n) is 11.3. The Morgan fingerprint density at radius 3 is 2.14 bits per heavy atom. The maximum Gasteiger partial charge on any atom is -0.0159 e. The second-order valence-corrected chi connectivity index (χ2v) is 11.3. The molecule has 4 rings (SSSR count). The molecule has 0 spiro atoms. The summed E-state index contributed by atoms with van der Waals surface area (Å²) in [5, 5.41) is 0. The molecule has 0 amide bonds. The molecule has 0 radical (unpaired) electrons. The predicted molar refractivity (Wildman–Crippen MR) is 126 cm³/mol. The predicted octanol–water partition coefficient (Wildman–Crippen LogP) is 8.94. The molecule has 3 aliphatic rings. The van der Waals surface area contributed by atoms with Gasteiger partial charge < -0.3 is 0 Å². The van der Waals surface area contributed by atoms with Crippen molar-refractivity contribution in [3.8, 4) is 0 Å². The molecule has 162 valence electrons. The number of hydrogen-bond donors (Lipinski definition) is 0. The van der Waals surface area contributed by atoms with Gasteiger partial charge in [-0.2, -0.15) is 0 Å². The summed E-state index contributed by atoms with van der Waals surface area (Å²) in [5.41, 5.74) is 3.18. The van der Waals surface area contributed by atoms with E-state index in [0.29, 0.717) is 0 Å². The first-order valence-electron chi connectivity index (χ1n) is 13.3. The quantitative estimate of drug-likeness (QED) is 0.433. The maximum atomic E-state index is 2.46. The first-order valence-corrected chi connectivity index (χ1v) is 13.3. The van der Waals surface area contributed by atoms with Crippen molar-refractivity contribution in [3.63, 3.8) is 0 Å². The Morgan fingerprint density at radius 2 is 1.38 bits per heavy atom. The van der Waals surface area contributed by atoms with Crippen LogP contribution in [0.15, 0.2) is 24.3 Å². The van der Waals surface area contributed by atoms with Gasteiger partial charge in [0.15, 0.2) is 0 Å². The molecule has 4 atom stereocenters. The lowest BCUT2D eigenvalue weighted by Gasteiger charge is -2.42. The van der Waals surface area contributed by atoms with Gasteiger partial charge in [0.25, 0.3) is 0 Å². The number of benzene rings is 1. The van der Waals surface area contributed by atoms with Crippen LogP contribution in [0.4, 0.5) is 0 Å². The van der Waals surface area contributed by atoms with Crippen molar-refractivity contribution >= 4 is 0 Å². The largest absolute Gasteiger partial charge is 0.0654 e. The lowest BCUT2D eigenvalue weighted by molar-refractivity contribution is 0.109. The molecule has 1 aromatic rings. The van der Waals surface area contributed by atoms with E-state index in [1.54, 1.807) is 24.8 Å². The summed E-state index contributed by atoms with van der Waals surface area (Å²) < 4.78 is 0. The Hall–Kier alpha value is -0.780. The Bertz CT molecular complexity index is 591. The molecule has 1 aromatic carbocycles. The molecule has 0 aliphatic heterocycles. The van der Waals surface area contributed by atoms with E-state index in [9.17, 15) is 0 Å². The van der Waals surface area contributed by atoms with Gasteiger partial charge in [-0.3, -0.25) is 0 Å². The molecular weight excluding hydrogens is 348 g/mol. The van der Waals surface area contributed by atoms with Gasteiger partial charge in [0, 0.05) is 0 Å². The normalized spacial score (nSPS) is 35.2. The van der Waals surface area contributed by atoms with Crippen LogP contribution in [0.2, 0.25) is 0 Å². The fraction of sp³-hybridized carbons (Fsp3) is 0.793. The summed E-state index contributed by atoms with van der Waals surface area (Å²) in [6.45, 7) is 4.74. The van der Waals surface area contributed by atoms with E-state index >= 15 is 0 Å². The van der Waals surface area contributed by atoms with Crippen LogP contribution in [0.1, 0.15) is 121 Å². The number of fused-ring (bicyclic) bond motifs is 1. The molecule has 4 unspecified atom stereocenters. The monoisotopic (exact) mass is 394 g/mol. The zero-order valence-corrected chi connectivity index (χ0v) is 19.4. The van der Waals surface area contributed by atoms with Crippen molar-refractivity contribution in [2.24, 2.45) is 29.6 Å². The zero-order chi connectivity index (χ0) is 20.1. The highest BCUT2D eigenvalue weighted by atomic mass is 14.4. The first-order chi connectivity index (χ1) is 14.2. The minimum atomic E-state index is 0.845. The fourth-order valence-electron chi connectivity index (χ4n) is 6.98. The highest BCUT2D eigenvalue weighted by Gasteiger charge is 2.36. The van der Waals surface area contributed by atoms with Crippen LogP contribution >= 0.6 is 0 Å². The first kappa shape index (κ1) is 21.5. The van der Waals surface area contributed by atoms with Crippen molar-refractivity contribution in [3.05, 3.63) is 35.4 Å². The summed E-state index contributed by atoms with van der Waals surface area (Å²) in [7, 11) is 0. The second kappa shape index (κ2) is 10.5. The van der Waals surface area contributed by atoms with E-state index in [1.165, 1.54) is 82.6 Å². The Kier molecular flexibility index (Phi) is 7.77. The van der Waals surface area contributed by atoms with E-state index in [-0.39, 0.29) is 0 Å². The topological polar surface area (TPSA) is 0 Å². The van der Waals surface area contributed by atoms with Gasteiger partial charge in [-0.25, -0.2) is 0 Å². The molecule has 29 heavy (non-hydrogen) atoms. The molecule has 3 fully saturated rings. The molecule has 0 nitrogen and oxygen atoms in total. The average molecular weight is 395 g/mol. The summed E-state index contributed by atoms with van der Waals surface area (Å²) in [5.74, 6) is 6.06. The molecule has 3 aliphatic carbocycles. The van der Waals surface area contributed by atoms with Crippen LogP contribution in [0.25, 0.3) is 0 Å². The van der Waals surface area contributed by atoms with Crippen LogP contribution in [0.5, 0.6) is 0 Å². The van der Waals surface area contributed by atoms with Gasteiger partial charge in [-0.05, 0) is 91.6 Å². The molecule has 0 aromatic heterocycles. The molecule has 0 heterocycles. The SMILES string of the molecule is CCCCc1ccc(C2CCC3CC(CCC4CCC(C)CC4)CCC3C2)cc1. The molecule has 0 N–H and O–H groups in total. The summed E-state index contributed by atoms with van der Waals surface area (Å²) >= 11 is 0. The Labute approximate surface area is 181 Å². The number of hydrogen-bond acceptors (Lipinski definition) is 0. The molecular formula is C29H46. The van der Waals surface area contributed by atoms with Gasteiger partial charge in [-0.1, -0.05) is 89.5 Å². The number of rotatable bonds is 7. The maximum absolute atomic E-state index is 2.46. The minimum Gasteiger partial charge on any atom is -0.0654 e. The van der Waals surface area contributed by atoms with Gasteiger partial charge in [0.2, 0.25) is 0 Å². The van der Waals surface area contributed by atoms with Gasteiger partial charge >= 0.3 is 0 Å². The van der Waals surface area contributed by atoms with E-state index in [4.69, 9.17) is 0 Å². The smallest absolute Gasteiger partial charge is 0.0159 e. The van der Waals surface area contributed by atoms with Crippen LogP contribution in [-0.4, -0.2) is 0 Å². The van der Waals surface area contributed by atoms with Crippen molar-refractivity contribution in [1.82, 2.24) is 0 Å². The van der Waals surface area contributed by atoms with Gasteiger partial charge in [0.05, 0.1) is 0 Å². The Balaban J connectivity index is 1.22. The lowest BCUT2D eigenvalue weighted by atomic mass is 9.63. The van der Waals surface area contributed by atoms with Crippen molar-refractivity contribution < 1.29 is 0 Å². The molecule has 0 heteroatoms. The van der Waals surface area contributed by atoms with Crippen LogP contribution in [0.3, 0.4) is 0 Å². The van der Waals surface area contributed by atoms with Crippen LogP contribution in [-0.2, 0) is 6.42 Å². The third kappa shape index (κ3) is 5.89. The minimum absolute atomic E-state index is 0.845. The van der Waals surface area contributed by atoms with E-state index in [0.717, 1.165) is 35.5 Å². The van der Waals surface area contributed by atoms with Gasteiger partial charge in [-0.15, -0.1) is 0 Å². The average Bonchev–Trinajstić information content (AvgIpc) is 2.77. The highest BCUT2D eigenvalue weighted by Crippen LogP contribution is 2.48. The zero-order valence-electron chi connectivity index (χ0n) is 19.4. The van der Waals surface area contributed by atoms with Crippen LogP contribution < -0.4 is 0 Å². The van der Waals surface area contributed by atoms with E-state index < -0.39 is 0 Å². The number of unbranched alkanes of at least 4 members (excludes halogenated alkanes) is 1. The van der Waals surface area contributed by atoms with Gasteiger partial charge in [0.1, 0.15) is 0 Å². The lowest BCUT2D eigenvalue weighted by Crippen LogP contribution is -2.30. The van der Waals surface area contributed by atoms with E-state index in [2.05, 4.69) is 38.1 Å². The molecule has 0 saturated heterocycles. The summed E-state index contributed by atoms with van der Waals surface area (Å²) in [6, 6.07) is 9.76. The van der Waals surface area contributed by atoms with E-state index in [1.807, 2.05) is 0 Å². The van der Waals surface area contributed by atoms with Crippen molar-refractivity contribution in [1.29, 1.82) is 0 Å². The van der Waals surface area contributed by atoms with Crippen LogP contribution in [0, 0.1) is 29.6 Å². The standard InChI is InChI=1S/C29H46/c1-3-4-5-23-12-15-26(16-13-23)28-19-18-27-20-25(14-17-29(27)21-28)11-10-24-8-6-22(2)7-9-24/h12-13,15-16,22,24-25,27-29H,3-11,14,17-21H2,1-2H3. The summed E-state index contributed by atoms with van der Waals surface area (Å²) in [6.07, 6.45) is 22.1. The highest BCUT2D eigenvalue weighted by molar-refractivity contribution is 5.26. The summed E-state index contributed by atoms with van der Waals surface area (Å²) in [4.78, 5) is 0. The van der Waals surface area contributed by atoms with Crippen molar-refractivity contribution in [2.75, 3.05) is 0 Å². The molecule has 3 saturated carbocycles. The van der Waals surface area contributed by atoms with Crippen molar-refractivity contribution in [2.45, 2.75) is 116 Å². The third-order valence-electron chi connectivity index (χ3n) is 9.11. The molecule has 0 bridgehead atoms.